The minimum absolute atomic E-state index is 0.0914. The SMILES string of the molecule is CC(C)C(C)CNC(c1ccco1)c1ccc(Cl)s1. The zero-order chi connectivity index (χ0) is 13.8. The van der Waals surface area contributed by atoms with Gasteiger partial charge in [0.05, 0.1) is 10.6 Å². The molecular formula is C15H20ClNOS. The molecule has 2 aromatic rings. The first-order valence-electron chi connectivity index (χ1n) is 6.60. The summed E-state index contributed by atoms with van der Waals surface area (Å²) in [6, 6.07) is 8.02. The third kappa shape index (κ3) is 3.85. The van der Waals surface area contributed by atoms with Gasteiger partial charge in [0.25, 0.3) is 0 Å². The molecule has 2 heterocycles. The average molecular weight is 298 g/mol. The molecule has 0 spiro atoms. The molecule has 0 aliphatic rings. The summed E-state index contributed by atoms with van der Waals surface area (Å²) in [5.41, 5.74) is 0. The van der Waals surface area contributed by atoms with Crippen LogP contribution < -0.4 is 5.32 Å². The quantitative estimate of drug-likeness (QED) is 0.814. The molecule has 2 nitrogen and oxygen atoms in total. The van der Waals surface area contributed by atoms with E-state index in [1.807, 2.05) is 18.2 Å². The van der Waals surface area contributed by atoms with E-state index in [0.717, 1.165) is 16.6 Å². The second kappa shape index (κ2) is 6.60. The molecule has 0 bridgehead atoms. The van der Waals surface area contributed by atoms with E-state index < -0.39 is 0 Å². The summed E-state index contributed by atoms with van der Waals surface area (Å²) in [4.78, 5) is 1.19. The summed E-state index contributed by atoms with van der Waals surface area (Å²) < 4.78 is 6.36. The molecule has 0 saturated carbocycles. The summed E-state index contributed by atoms with van der Waals surface area (Å²) in [7, 11) is 0. The van der Waals surface area contributed by atoms with Gasteiger partial charge in [-0.25, -0.2) is 0 Å². The van der Waals surface area contributed by atoms with Crippen LogP contribution in [-0.4, -0.2) is 6.54 Å². The Morgan fingerprint density at radius 3 is 2.58 bits per heavy atom. The number of hydrogen-bond donors (Lipinski definition) is 1. The van der Waals surface area contributed by atoms with Crippen LogP contribution in [0.5, 0.6) is 0 Å². The first kappa shape index (κ1) is 14.6. The summed E-state index contributed by atoms with van der Waals surface area (Å²) in [6.45, 7) is 7.71. The van der Waals surface area contributed by atoms with E-state index in [0.29, 0.717) is 11.8 Å². The predicted molar refractivity (Wildman–Crippen MR) is 81.9 cm³/mol. The Bertz CT molecular complexity index is 492. The molecule has 0 aromatic carbocycles. The third-order valence-corrected chi connectivity index (χ3v) is 4.78. The average Bonchev–Trinajstić information content (AvgIpc) is 3.01. The van der Waals surface area contributed by atoms with E-state index in [-0.39, 0.29) is 6.04 Å². The monoisotopic (exact) mass is 297 g/mol. The fourth-order valence-electron chi connectivity index (χ4n) is 1.82. The normalized spacial score (nSPS) is 14.8. The fourth-order valence-corrected chi connectivity index (χ4v) is 2.96. The number of thiophene rings is 1. The van der Waals surface area contributed by atoms with Crippen molar-refractivity contribution >= 4 is 22.9 Å². The van der Waals surface area contributed by atoms with E-state index in [1.165, 1.54) is 4.88 Å². The van der Waals surface area contributed by atoms with Gasteiger partial charge in [0.2, 0.25) is 0 Å². The zero-order valence-corrected chi connectivity index (χ0v) is 13.1. The highest BCUT2D eigenvalue weighted by Crippen LogP contribution is 2.31. The molecule has 4 heteroatoms. The molecule has 0 aliphatic heterocycles. The lowest BCUT2D eigenvalue weighted by atomic mass is 9.97. The van der Waals surface area contributed by atoms with Crippen LogP contribution in [0.15, 0.2) is 34.9 Å². The summed E-state index contributed by atoms with van der Waals surface area (Å²) in [5.74, 6) is 2.22. The van der Waals surface area contributed by atoms with Crippen molar-refractivity contribution in [3.05, 3.63) is 45.5 Å². The van der Waals surface area contributed by atoms with Gasteiger partial charge in [-0.3, -0.25) is 0 Å². The van der Waals surface area contributed by atoms with E-state index in [9.17, 15) is 0 Å². The lowest BCUT2D eigenvalue weighted by Crippen LogP contribution is -2.28. The van der Waals surface area contributed by atoms with E-state index in [2.05, 4.69) is 32.2 Å². The first-order chi connectivity index (χ1) is 9.08. The smallest absolute Gasteiger partial charge is 0.126 e. The van der Waals surface area contributed by atoms with Crippen LogP contribution in [0.4, 0.5) is 0 Å². The van der Waals surface area contributed by atoms with Crippen LogP contribution in [0.25, 0.3) is 0 Å². The van der Waals surface area contributed by atoms with Crippen molar-refractivity contribution in [1.82, 2.24) is 5.32 Å². The molecule has 2 aromatic heterocycles. The van der Waals surface area contributed by atoms with Gasteiger partial charge in [-0.15, -0.1) is 11.3 Å². The Kier molecular flexibility index (Phi) is 5.08. The van der Waals surface area contributed by atoms with Crippen LogP contribution in [-0.2, 0) is 0 Å². The summed E-state index contributed by atoms with van der Waals surface area (Å²) >= 11 is 7.64. The Hall–Kier alpha value is -0.770. The lowest BCUT2D eigenvalue weighted by Gasteiger charge is -2.21. The maximum Gasteiger partial charge on any atom is 0.126 e. The number of furan rings is 1. The van der Waals surface area contributed by atoms with Crippen LogP contribution in [0, 0.1) is 11.8 Å². The molecule has 1 N–H and O–H groups in total. The highest BCUT2D eigenvalue weighted by molar-refractivity contribution is 7.16. The minimum atomic E-state index is 0.0914. The Labute approximate surface area is 123 Å². The molecule has 104 valence electrons. The maximum atomic E-state index is 6.04. The van der Waals surface area contributed by atoms with E-state index in [1.54, 1.807) is 17.6 Å². The number of rotatable bonds is 6. The van der Waals surface area contributed by atoms with Crippen molar-refractivity contribution in [1.29, 1.82) is 0 Å². The van der Waals surface area contributed by atoms with Gasteiger partial charge in [0.15, 0.2) is 0 Å². The second-order valence-corrected chi connectivity index (χ2v) is 6.97. The maximum absolute atomic E-state index is 6.04. The van der Waals surface area contributed by atoms with Crippen LogP contribution in [0.2, 0.25) is 4.34 Å². The van der Waals surface area contributed by atoms with Crippen molar-refractivity contribution < 1.29 is 4.42 Å². The Morgan fingerprint density at radius 2 is 2.05 bits per heavy atom. The van der Waals surface area contributed by atoms with E-state index in [4.69, 9.17) is 16.0 Å². The molecule has 0 radical (unpaired) electrons. The number of nitrogens with one attached hydrogen (secondary N) is 1. The molecule has 2 unspecified atom stereocenters. The van der Waals surface area contributed by atoms with Crippen molar-refractivity contribution in [3.63, 3.8) is 0 Å². The van der Waals surface area contributed by atoms with Gasteiger partial charge in [-0.05, 0) is 42.6 Å². The van der Waals surface area contributed by atoms with Crippen LogP contribution in [0.1, 0.15) is 37.5 Å². The second-order valence-electron chi connectivity index (χ2n) is 5.22. The highest BCUT2D eigenvalue weighted by Gasteiger charge is 2.19. The van der Waals surface area contributed by atoms with Crippen molar-refractivity contribution in [2.45, 2.75) is 26.8 Å². The van der Waals surface area contributed by atoms with Gasteiger partial charge in [0, 0.05) is 4.88 Å². The van der Waals surface area contributed by atoms with Crippen molar-refractivity contribution in [3.8, 4) is 0 Å². The van der Waals surface area contributed by atoms with Crippen molar-refractivity contribution in [2.75, 3.05) is 6.54 Å². The molecule has 2 rings (SSSR count). The van der Waals surface area contributed by atoms with Gasteiger partial charge >= 0.3 is 0 Å². The standard InChI is InChI=1S/C15H20ClNOS/c1-10(2)11(3)9-17-15(12-5-4-8-18-12)13-6-7-14(16)19-13/h4-8,10-11,15,17H,9H2,1-3H3. The Balaban J connectivity index is 2.12. The molecule has 2 atom stereocenters. The Morgan fingerprint density at radius 1 is 1.26 bits per heavy atom. The van der Waals surface area contributed by atoms with Gasteiger partial charge in [-0.1, -0.05) is 32.4 Å². The zero-order valence-electron chi connectivity index (χ0n) is 11.5. The van der Waals surface area contributed by atoms with E-state index >= 15 is 0 Å². The first-order valence-corrected chi connectivity index (χ1v) is 7.79. The lowest BCUT2D eigenvalue weighted by molar-refractivity contribution is 0.364. The molecular weight excluding hydrogens is 278 g/mol. The molecule has 0 aliphatic carbocycles. The van der Waals surface area contributed by atoms with Gasteiger partial charge < -0.3 is 9.73 Å². The molecule has 0 saturated heterocycles. The van der Waals surface area contributed by atoms with Gasteiger partial charge in [0.1, 0.15) is 11.8 Å². The molecule has 0 amide bonds. The topological polar surface area (TPSA) is 25.2 Å². The number of halogens is 1. The molecule has 0 fully saturated rings. The minimum Gasteiger partial charge on any atom is -0.467 e. The van der Waals surface area contributed by atoms with Crippen LogP contribution >= 0.6 is 22.9 Å². The van der Waals surface area contributed by atoms with Crippen molar-refractivity contribution in [2.24, 2.45) is 11.8 Å². The predicted octanol–water partition coefficient (Wildman–Crippen LogP) is 4.97. The van der Waals surface area contributed by atoms with Crippen LogP contribution in [0.3, 0.4) is 0 Å². The fraction of sp³-hybridized carbons (Fsp3) is 0.467. The molecule has 19 heavy (non-hydrogen) atoms. The third-order valence-electron chi connectivity index (χ3n) is 3.49. The summed E-state index contributed by atoms with van der Waals surface area (Å²) in [6.07, 6.45) is 1.71. The highest BCUT2D eigenvalue weighted by atomic mass is 35.5. The largest absolute Gasteiger partial charge is 0.467 e. The summed E-state index contributed by atoms with van der Waals surface area (Å²) in [5, 5.41) is 3.59. The number of hydrogen-bond acceptors (Lipinski definition) is 3. The van der Waals surface area contributed by atoms with Gasteiger partial charge in [-0.2, -0.15) is 0 Å².